The smallest absolute Gasteiger partial charge is 0.332 e. The summed E-state index contributed by atoms with van der Waals surface area (Å²) in [6.45, 7) is 5.26. The average molecular weight is 546 g/mol. The quantitative estimate of drug-likeness (QED) is 0.423. The van der Waals surface area contributed by atoms with Crippen LogP contribution in [0.25, 0.3) is 0 Å². The number of carbonyl (C=O) groups is 1. The van der Waals surface area contributed by atoms with Crippen molar-refractivity contribution in [2.24, 2.45) is 14.1 Å². The van der Waals surface area contributed by atoms with Crippen LogP contribution in [0.2, 0.25) is 0 Å². The fraction of sp³-hybridized carbons (Fsp3) is 0.452. The maximum atomic E-state index is 12.4. The molecule has 40 heavy (non-hydrogen) atoms. The Kier molecular flexibility index (Phi) is 8.40. The van der Waals surface area contributed by atoms with E-state index in [0.717, 1.165) is 75.1 Å². The Morgan fingerprint density at radius 3 is 2.42 bits per heavy atom. The predicted molar refractivity (Wildman–Crippen MR) is 158 cm³/mol. The third-order valence-corrected chi connectivity index (χ3v) is 8.23. The molecule has 1 fully saturated rings. The molecule has 0 atom stereocenters. The first-order valence-corrected chi connectivity index (χ1v) is 14.1. The van der Waals surface area contributed by atoms with Gasteiger partial charge in [-0.25, -0.2) is 4.79 Å². The third-order valence-electron chi connectivity index (χ3n) is 8.23. The molecule has 1 saturated heterocycles. The summed E-state index contributed by atoms with van der Waals surface area (Å²) in [7, 11) is 4.67. The van der Waals surface area contributed by atoms with Gasteiger partial charge in [0.05, 0.1) is 13.5 Å². The molecule has 0 spiro atoms. The van der Waals surface area contributed by atoms with Crippen LogP contribution in [0, 0.1) is 0 Å². The second-order valence-corrected chi connectivity index (χ2v) is 10.8. The van der Waals surface area contributed by atoms with E-state index in [1.807, 2.05) is 6.07 Å². The molecule has 9 nitrogen and oxygen atoms in total. The number of para-hydroxylation sites is 1. The number of anilines is 3. The molecular weight excluding hydrogens is 506 g/mol. The lowest BCUT2D eigenvalue weighted by molar-refractivity contribution is -0.139. The van der Waals surface area contributed by atoms with Gasteiger partial charge in [0.1, 0.15) is 5.82 Å². The molecule has 212 valence electrons. The van der Waals surface area contributed by atoms with Crippen molar-refractivity contribution in [2.75, 3.05) is 56.2 Å². The van der Waals surface area contributed by atoms with Gasteiger partial charge in [0.15, 0.2) is 0 Å². The predicted octanol–water partition coefficient (Wildman–Crippen LogP) is 2.64. The molecule has 3 aromatic rings. The summed E-state index contributed by atoms with van der Waals surface area (Å²) in [5.74, 6) is 0.460. The Morgan fingerprint density at radius 1 is 0.850 bits per heavy atom. The fourth-order valence-electron chi connectivity index (χ4n) is 5.95. The number of methoxy groups -OCH3 is 1. The number of nitrogens with zero attached hydrogens (tertiary/aromatic N) is 5. The van der Waals surface area contributed by atoms with Gasteiger partial charge >= 0.3 is 11.7 Å². The molecule has 0 N–H and O–H groups in total. The zero-order valence-corrected chi connectivity index (χ0v) is 23.8. The van der Waals surface area contributed by atoms with Crippen LogP contribution in [0.15, 0.2) is 58.1 Å². The van der Waals surface area contributed by atoms with Crippen LogP contribution < -0.4 is 21.0 Å². The molecule has 9 heteroatoms. The van der Waals surface area contributed by atoms with Gasteiger partial charge in [0.25, 0.3) is 5.56 Å². The highest BCUT2D eigenvalue weighted by molar-refractivity contribution is 5.75. The second kappa shape index (κ2) is 12.1. The van der Waals surface area contributed by atoms with Crippen LogP contribution in [0.4, 0.5) is 17.2 Å². The summed E-state index contributed by atoms with van der Waals surface area (Å²) in [6, 6.07) is 16.6. The molecule has 0 saturated carbocycles. The van der Waals surface area contributed by atoms with E-state index in [9.17, 15) is 14.4 Å². The van der Waals surface area contributed by atoms with E-state index in [4.69, 9.17) is 4.74 Å². The normalized spacial score (nSPS) is 15.7. The van der Waals surface area contributed by atoms with Crippen molar-refractivity contribution in [2.45, 2.75) is 32.1 Å². The van der Waals surface area contributed by atoms with Crippen molar-refractivity contribution in [3.05, 3.63) is 86.1 Å². The minimum Gasteiger partial charge on any atom is -0.469 e. The maximum absolute atomic E-state index is 12.4. The minimum atomic E-state index is -0.295. The van der Waals surface area contributed by atoms with Gasteiger partial charge in [-0.15, -0.1) is 0 Å². The van der Waals surface area contributed by atoms with E-state index >= 15 is 0 Å². The van der Waals surface area contributed by atoms with E-state index in [2.05, 4.69) is 51.1 Å². The van der Waals surface area contributed by atoms with E-state index in [1.165, 1.54) is 36.7 Å². The summed E-state index contributed by atoms with van der Waals surface area (Å²) in [4.78, 5) is 43.8. The van der Waals surface area contributed by atoms with Gasteiger partial charge in [-0.2, -0.15) is 0 Å². The average Bonchev–Trinajstić information content (AvgIpc) is 3.29. The number of benzene rings is 2. The van der Waals surface area contributed by atoms with Gasteiger partial charge in [-0.05, 0) is 67.6 Å². The monoisotopic (exact) mass is 545 g/mol. The molecule has 2 aliphatic rings. The number of fused-ring (bicyclic) bond motifs is 2. The molecule has 0 aliphatic carbocycles. The van der Waals surface area contributed by atoms with Crippen molar-refractivity contribution < 1.29 is 9.53 Å². The van der Waals surface area contributed by atoms with Crippen molar-refractivity contribution in [1.82, 2.24) is 14.0 Å². The highest BCUT2D eigenvalue weighted by Crippen LogP contribution is 2.37. The van der Waals surface area contributed by atoms with Crippen molar-refractivity contribution in [3.8, 4) is 0 Å². The topological polar surface area (TPSA) is 80.0 Å². The zero-order valence-electron chi connectivity index (χ0n) is 23.8. The Balaban J connectivity index is 1.29. The van der Waals surface area contributed by atoms with Gasteiger partial charge in [-0.3, -0.25) is 18.7 Å². The summed E-state index contributed by atoms with van der Waals surface area (Å²) >= 11 is 0. The number of hydrogen-bond acceptors (Lipinski definition) is 7. The zero-order chi connectivity index (χ0) is 28.2. The minimum absolute atomic E-state index is 0.230. The molecule has 0 bridgehead atoms. The molecule has 1 aromatic heterocycles. The van der Waals surface area contributed by atoms with Gasteiger partial charge in [-0.1, -0.05) is 30.3 Å². The first-order valence-electron chi connectivity index (χ1n) is 14.1. The number of hydrogen-bond donors (Lipinski definition) is 0. The standard InChI is InChI=1S/C31H39N5O4/c1-32-28(22-29(37)33(2)31(32)39)35-16-6-14-34(18-19-35)15-7-17-36-26-9-5-4-8-24(26)12-13-25-11-10-23(20-27(25)36)21-30(38)40-3/h4-5,8-11,20,22H,6-7,12-19,21H2,1-3H3. The lowest BCUT2D eigenvalue weighted by Gasteiger charge is -2.29. The van der Waals surface area contributed by atoms with Crippen LogP contribution in [0.1, 0.15) is 29.5 Å². The second-order valence-electron chi connectivity index (χ2n) is 10.8. The molecule has 3 heterocycles. The summed E-state index contributed by atoms with van der Waals surface area (Å²) in [5, 5.41) is 0. The molecular formula is C31H39N5O4. The summed E-state index contributed by atoms with van der Waals surface area (Å²) < 4.78 is 7.63. The Hall–Kier alpha value is -3.85. The largest absolute Gasteiger partial charge is 0.469 e. The summed E-state index contributed by atoms with van der Waals surface area (Å²) in [6.07, 6.45) is 4.18. The van der Waals surface area contributed by atoms with Gasteiger partial charge in [0.2, 0.25) is 0 Å². The van der Waals surface area contributed by atoms with Gasteiger partial charge < -0.3 is 19.4 Å². The van der Waals surface area contributed by atoms with Gasteiger partial charge in [0, 0.05) is 57.7 Å². The van der Waals surface area contributed by atoms with Crippen molar-refractivity contribution in [3.63, 3.8) is 0 Å². The number of aromatic nitrogens is 2. The lowest BCUT2D eigenvalue weighted by Crippen LogP contribution is -2.41. The molecule has 0 radical (unpaired) electrons. The SMILES string of the molecule is COC(=O)Cc1ccc2c(c1)N(CCCN1CCCN(c3cc(=O)n(C)c(=O)n3C)CC1)c1ccccc1CC2. The van der Waals surface area contributed by atoms with Crippen LogP contribution in [0.5, 0.6) is 0 Å². The van der Waals surface area contributed by atoms with E-state index in [0.29, 0.717) is 5.82 Å². The van der Waals surface area contributed by atoms with Crippen LogP contribution in [0.3, 0.4) is 0 Å². The van der Waals surface area contributed by atoms with Crippen molar-refractivity contribution in [1.29, 1.82) is 0 Å². The Labute approximate surface area is 235 Å². The molecule has 0 unspecified atom stereocenters. The van der Waals surface area contributed by atoms with E-state index in [-0.39, 0.29) is 23.6 Å². The first-order chi connectivity index (χ1) is 19.4. The number of esters is 1. The molecule has 0 amide bonds. The van der Waals surface area contributed by atoms with E-state index in [1.54, 1.807) is 17.7 Å². The first kappa shape index (κ1) is 27.7. The molecule has 2 aromatic carbocycles. The van der Waals surface area contributed by atoms with Crippen LogP contribution in [-0.4, -0.2) is 66.4 Å². The summed E-state index contributed by atoms with van der Waals surface area (Å²) in [5.41, 5.74) is 5.47. The van der Waals surface area contributed by atoms with Crippen LogP contribution >= 0.6 is 0 Å². The fourth-order valence-corrected chi connectivity index (χ4v) is 5.95. The van der Waals surface area contributed by atoms with Crippen LogP contribution in [-0.2, 0) is 42.9 Å². The third kappa shape index (κ3) is 5.84. The highest BCUT2D eigenvalue weighted by atomic mass is 16.5. The van der Waals surface area contributed by atoms with E-state index < -0.39 is 0 Å². The number of rotatable bonds is 7. The Morgan fingerprint density at radius 2 is 1.62 bits per heavy atom. The number of carbonyl (C=O) groups excluding carboxylic acids is 1. The lowest BCUT2D eigenvalue weighted by atomic mass is 10.0. The number of aryl methyl sites for hydroxylation is 2. The highest BCUT2D eigenvalue weighted by Gasteiger charge is 2.23. The number of ether oxygens (including phenoxy) is 1. The Bertz CT molecular complexity index is 1490. The van der Waals surface area contributed by atoms with Crippen molar-refractivity contribution >= 4 is 23.2 Å². The molecule has 5 rings (SSSR count). The maximum Gasteiger partial charge on any atom is 0.332 e. The molecule has 2 aliphatic heterocycles.